The van der Waals surface area contributed by atoms with Crippen LogP contribution < -0.4 is 5.32 Å². The molecule has 0 aromatic rings. The first-order valence-corrected chi connectivity index (χ1v) is 5.81. The van der Waals surface area contributed by atoms with Crippen molar-refractivity contribution >= 4 is 11.8 Å². The summed E-state index contributed by atoms with van der Waals surface area (Å²) in [4.78, 5) is 0. The van der Waals surface area contributed by atoms with Gasteiger partial charge in [0, 0.05) is 12.3 Å². The highest BCUT2D eigenvalue weighted by atomic mass is 32.2. The van der Waals surface area contributed by atoms with Gasteiger partial charge in [0.15, 0.2) is 0 Å². The monoisotopic (exact) mass is 239 g/mol. The molecule has 0 aromatic heterocycles. The lowest BCUT2D eigenvalue weighted by Crippen LogP contribution is -2.51. The van der Waals surface area contributed by atoms with Gasteiger partial charge in [0.25, 0.3) is 0 Å². The quantitative estimate of drug-likeness (QED) is 0.305. The summed E-state index contributed by atoms with van der Waals surface area (Å²) in [6, 6.07) is 0. The summed E-state index contributed by atoms with van der Waals surface area (Å²) < 4.78 is 0. The molecule has 7 heteroatoms. The SMILES string of the molecule is OC[C@@H](O)[C@@H](O)[C@H](O)[C@@H](O)C1NCCS1. The van der Waals surface area contributed by atoms with Crippen LogP contribution in [0.15, 0.2) is 0 Å². The molecule has 6 N–H and O–H groups in total. The van der Waals surface area contributed by atoms with E-state index in [9.17, 15) is 15.3 Å². The van der Waals surface area contributed by atoms with Crippen LogP contribution in [0.1, 0.15) is 0 Å². The van der Waals surface area contributed by atoms with Crippen LogP contribution in [0, 0.1) is 0 Å². The van der Waals surface area contributed by atoms with Gasteiger partial charge >= 0.3 is 0 Å². The maximum atomic E-state index is 9.65. The third kappa shape index (κ3) is 3.28. The zero-order valence-corrected chi connectivity index (χ0v) is 8.97. The van der Waals surface area contributed by atoms with Gasteiger partial charge in [0.2, 0.25) is 0 Å². The van der Waals surface area contributed by atoms with Gasteiger partial charge in [0.05, 0.1) is 12.0 Å². The molecule has 6 nitrogen and oxygen atoms in total. The molecule has 90 valence electrons. The fourth-order valence-electron chi connectivity index (χ4n) is 1.38. The Morgan fingerprint density at radius 2 is 1.87 bits per heavy atom. The van der Waals surface area contributed by atoms with Crippen LogP contribution in [0.2, 0.25) is 0 Å². The molecule has 1 rings (SSSR count). The van der Waals surface area contributed by atoms with E-state index in [2.05, 4.69) is 5.32 Å². The predicted octanol–water partition coefficient (Wildman–Crippen LogP) is -2.92. The fourth-order valence-corrected chi connectivity index (χ4v) is 2.47. The molecule has 15 heavy (non-hydrogen) atoms. The predicted molar refractivity (Wildman–Crippen MR) is 55.4 cm³/mol. The van der Waals surface area contributed by atoms with E-state index < -0.39 is 31.0 Å². The minimum absolute atomic E-state index is 0.347. The average Bonchev–Trinajstić information content (AvgIpc) is 2.78. The Balaban J connectivity index is 2.46. The molecule has 1 aliphatic rings. The number of rotatable bonds is 5. The summed E-state index contributed by atoms with van der Waals surface area (Å²) in [5.74, 6) is 0.826. The van der Waals surface area contributed by atoms with Gasteiger partial charge in [-0.15, -0.1) is 11.8 Å². The molecule has 1 saturated heterocycles. The molecule has 0 amide bonds. The number of nitrogens with one attached hydrogen (secondary N) is 1. The van der Waals surface area contributed by atoms with Crippen molar-refractivity contribution in [3.8, 4) is 0 Å². The van der Waals surface area contributed by atoms with Crippen LogP contribution in [0.4, 0.5) is 0 Å². The lowest BCUT2D eigenvalue weighted by atomic mass is 10.0. The second kappa shape index (κ2) is 6.00. The first-order valence-electron chi connectivity index (χ1n) is 4.76. The van der Waals surface area contributed by atoms with E-state index in [1.807, 2.05) is 0 Å². The number of hydrogen-bond acceptors (Lipinski definition) is 7. The van der Waals surface area contributed by atoms with Gasteiger partial charge in [-0.2, -0.15) is 0 Å². The molecule has 0 aliphatic carbocycles. The molecule has 1 unspecified atom stereocenters. The Labute approximate surface area is 91.9 Å². The Kier molecular flexibility index (Phi) is 5.27. The Morgan fingerprint density at radius 3 is 2.33 bits per heavy atom. The maximum absolute atomic E-state index is 9.65. The minimum Gasteiger partial charge on any atom is -0.394 e. The largest absolute Gasteiger partial charge is 0.394 e. The van der Waals surface area contributed by atoms with E-state index in [1.165, 1.54) is 11.8 Å². The van der Waals surface area contributed by atoms with E-state index in [-0.39, 0.29) is 5.37 Å². The fraction of sp³-hybridized carbons (Fsp3) is 1.00. The van der Waals surface area contributed by atoms with Gasteiger partial charge in [-0.1, -0.05) is 0 Å². The van der Waals surface area contributed by atoms with E-state index >= 15 is 0 Å². The summed E-state index contributed by atoms with van der Waals surface area (Å²) in [7, 11) is 0. The molecule has 0 bridgehead atoms. The van der Waals surface area contributed by atoms with Crippen LogP contribution in [-0.2, 0) is 0 Å². The topological polar surface area (TPSA) is 113 Å². The molecule has 0 spiro atoms. The molecule has 0 saturated carbocycles. The smallest absolute Gasteiger partial charge is 0.111 e. The van der Waals surface area contributed by atoms with Crippen LogP contribution in [-0.4, -0.2) is 74.2 Å². The Hall–Kier alpha value is 0.110. The van der Waals surface area contributed by atoms with Crippen LogP contribution in [0.3, 0.4) is 0 Å². The highest BCUT2D eigenvalue weighted by Gasteiger charge is 2.35. The molecule has 1 aliphatic heterocycles. The highest BCUT2D eigenvalue weighted by Crippen LogP contribution is 2.20. The normalized spacial score (nSPS) is 29.8. The first-order chi connectivity index (χ1) is 7.07. The van der Waals surface area contributed by atoms with Gasteiger partial charge < -0.3 is 30.8 Å². The zero-order valence-electron chi connectivity index (χ0n) is 8.15. The Bertz CT molecular complexity index is 190. The molecule has 0 radical (unpaired) electrons. The summed E-state index contributed by atoms with van der Waals surface area (Å²) in [6.07, 6.45) is -5.64. The maximum Gasteiger partial charge on any atom is 0.111 e. The van der Waals surface area contributed by atoms with Crippen LogP contribution in [0.5, 0.6) is 0 Å². The van der Waals surface area contributed by atoms with Crippen molar-refractivity contribution in [1.82, 2.24) is 5.32 Å². The van der Waals surface area contributed by atoms with Crippen LogP contribution >= 0.6 is 11.8 Å². The van der Waals surface area contributed by atoms with Gasteiger partial charge in [-0.05, 0) is 0 Å². The van der Waals surface area contributed by atoms with E-state index in [0.717, 1.165) is 12.3 Å². The average molecular weight is 239 g/mol. The minimum atomic E-state index is -1.55. The van der Waals surface area contributed by atoms with E-state index in [4.69, 9.17) is 10.2 Å². The summed E-state index contributed by atoms with van der Waals surface area (Å²) in [5.41, 5.74) is 0. The summed E-state index contributed by atoms with van der Waals surface area (Å²) in [6.45, 7) is 0.0773. The van der Waals surface area contributed by atoms with Crippen molar-refractivity contribution in [3.05, 3.63) is 0 Å². The van der Waals surface area contributed by atoms with Crippen molar-refractivity contribution in [2.24, 2.45) is 0 Å². The zero-order chi connectivity index (χ0) is 11.4. The van der Waals surface area contributed by atoms with E-state index in [0.29, 0.717) is 0 Å². The van der Waals surface area contributed by atoms with E-state index in [1.54, 1.807) is 0 Å². The van der Waals surface area contributed by atoms with Crippen LogP contribution in [0.25, 0.3) is 0 Å². The van der Waals surface area contributed by atoms with Crippen molar-refractivity contribution in [1.29, 1.82) is 0 Å². The molecule has 0 aromatic carbocycles. The summed E-state index contributed by atoms with van der Waals surface area (Å²) in [5, 5.41) is 48.8. The third-order valence-corrected chi connectivity index (χ3v) is 3.58. The lowest BCUT2D eigenvalue weighted by Gasteiger charge is -2.28. The standard InChI is InChI=1S/C8H17NO5S/c10-3-4(11)5(12)6(13)7(14)8-9-1-2-15-8/h4-14H,1-3H2/t4-,5-,6+,7-,8?/m1/s1. The van der Waals surface area contributed by atoms with Crippen molar-refractivity contribution in [2.45, 2.75) is 29.8 Å². The Morgan fingerprint density at radius 1 is 1.20 bits per heavy atom. The second-order valence-corrected chi connectivity index (χ2v) is 4.72. The molecular formula is C8H17NO5S. The van der Waals surface area contributed by atoms with Crippen molar-refractivity contribution in [3.63, 3.8) is 0 Å². The third-order valence-electron chi connectivity index (χ3n) is 2.34. The second-order valence-electron chi connectivity index (χ2n) is 3.47. The van der Waals surface area contributed by atoms with Gasteiger partial charge in [-0.3, -0.25) is 0 Å². The van der Waals surface area contributed by atoms with Gasteiger partial charge in [0.1, 0.15) is 24.4 Å². The lowest BCUT2D eigenvalue weighted by molar-refractivity contribution is -0.115. The number of aliphatic hydroxyl groups is 5. The number of aliphatic hydroxyl groups excluding tert-OH is 5. The summed E-state index contributed by atoms with van der Waals surface area (Å²) >= 11 is 1.44. The number of hydrogen-bond donors (Lipinski definition) is 6. The number of thioether (sulfide) groups is 1. The molecule has 1 fully saturated rings. The first kappa shape index (κ1) is 13.2. The van der Waals surface area contributed by atoms with Crippen molar-refractivity contribution < 1.29 is 25.5 Å². The highest BCUT2D eigenvalue weighted by molar-refractivity contribution is 8.00. The van der Waals surface area contributed by atoms with Gasteiger partial charge in [-0.25, -0.2) is 0 Å². The molecule has 1 heterocycles. The molecular weight excluding hydrogens is 222 g/mol. The van der Waals surface area contributed by atoms with Crippen molar-refractivity contribution in [2.75, 3.05) is 18.9 Å². The molecule has 5 atom stereocenters.